The van der Waals surface area contributed by atoms with Gasteiger partial charge in [0.1, 0.15) is 0 Å². The van der Waals surface area contributed by atoms with Crippen molar-refractivity contribution in [2.75, 3.05) is 26.3 Å². The van der Waals surface area contributed by atoms with Crippen molar-refractivity contribution < 1.29 is 19.1 Å². The molecular weight excluding hydrogens is 246 g/mol. The summed E-state index contributed by atoms with van der Waals surface area (Å²) in [4.78, 5) is 26.0. The molecule has 2 aliphatic rings. The van der Waals surface area contributed by atoms with Gasteiger partial charge in [0.05, 0.1) is 24.5 Å². The molecule has 0 aliphatic carbocycles. The maximum Gasteiger partial charge on any atom is 0.310 e. The van der Waals surface area contributed by atoms with E-state index in [-0.39, 0.29) is 29.8 Å². The van der Waals surface area contributed by atoms with E-state index in [0.717, 1.165) is 25.8 Å². The van der Waals surface area contributed by atoms with Crippen LogP contribution in [0.5, 0.6) is 0 Å². The van der Waals surface area contributed by atoms with Gasteiger partial charge in [-0.05, 0) is 33.1 Å². The maximum absolute atomic E-state index is 12.4. The minimum atomic E-state index is -0.171. The highest BCUT2D eigenvalue weighted by atomic mass is 16.5. The Bertz CT molecular complexity index is 344. The van der Waals surface area contributed by atoms with Crippen LogP contribution in [0.2, 0.25) is 0 Å². The van der Waals surface area contributed by atoms with Gasteiger partial charge in [0.15, 0.2) is 0 Å². The van der Waals surface area contributed by atoms with Crippen LogP contribution in [0, 0.1) is 11.8 Å². The first-order chi connectivity index (χ1) is 9.13. The fourth-order valence-electron chi connectivity index (χ4n) is 2.92. The third-order valence-electron chi connectivity index (χ3n) is 4.05. The number of carbonyl (C=O) groups is 2. The average molecular weight is 269 g/mol. The molecule has 1 amide bonds. The van der Waals surface area contributed by atoms with Gasteiger partial charge in [0.2, 0.25) is 5.91 Å². The molecule has 0 aromatic heterocycles. The van der Waals surface area contributed by atoms with E-state index < -0.39 is 0 Å². The Morgan fingerprint density at radius 3 is 2.79 bits per heavy atom. The third kappa shape index (κ3) is 3.26. The molecule has 2 rings (SSSR count). The smallest absolute Gasteiger partial charge is 0.310 e. The summed E-state index contributed by atoms with van der Waals surface area (Å²) in [5, 5.41) is 0. The van der Waals surface area contributed by atoms with Gasteiger partial charge in [-0.3, -0.25) is 9.59 Å². The molecule has 0 saturated carbocycles. The summed E-state index contributed by atoms with van der Waals surface area (Å²) in [5.41, 5.74) is 0. The van der Waals surface area contributed by atoms with E-state index >= 15 is 0 Å². The summed E-state index contributed by atoms with van der Waals surface area (Å²) in [6.07, 6.45) is 2.48. The molecule has 5 heteroatoms. The number of nitrogens with zero attached hydrogens (tertiary/aromatic N) is 1. The second kappa shape index (κ2) is 6.37. The molecule has 0 bridgehead atoms. The molecule has 2 heterocycles. The van der Waals surface area contributed by atoms with E-state index in [1.165, 1.54) is 0 Å². The number of hydrogen-bond acceptors (Lipinski definition) is 4. The van der Waals surface area contributed by atoms with Gasteiger partial charge in [0, 0.05) is 19.7 Å². The number of esters is 1. The molecule has 0 aromatic carbocycles. The summed E-state index contributed by atoms with van der Waals surface area (Å²) in [7, 11) is 0. The third-order valence-corrected chi connectivity index (χ3v) is 4.05. The van der Waals surface area contributed by atoms with Crippen LogP contribution in [0.3, 0.4) is 0 Å². The number of hydrogen-bond donors (Lipinski definition) is 0. The Hall–Kier alpha value is -1.10. The number of rotatable bonds is 3. The van der Waals surface area contributed by atoms with Crippen molar-refractivity contribution in [2.24, 2.45) is 11.8 Å². The van der Waals surface area contributed by atoms with Crippen molar-refractivity contribution in [2.45, 2.75) is 39.2 Å². The van der Waals surface area contributed by atoms with E-state index in [0.29, 0.717) is 19.8 Å². The lowest BCUT2D eigenvalue weighted by atomic mass is 9.95. The number of piperidine rings is 1. The first-order valence-electron chi connectivity index (χ1n) is 7.20. The molecule has 0 radical (unpaired) electrons. The van der Waals surface area contributed by atoms with Crippen LogP contribution in [0.4, 0.5) is 0 Å². The summed E-state index contributed by atoms with van der Waals surface area (Å²) in [5.74, 6) is -0.231. The highest BCUT2D eigenvalue weighted by molar-refractivity contribution is 5.81. The second-order valence-electron chi connectivity index (χ2n) is 5.35. The topological polar surface area (TPSA) is 55.8 Å². The number of amides is 1. The number of ether oxygens (including phenoxy) is 2. The molecule has 0 aromatic rings. The Morgan fingerprint density at radius 2 is 2.16 bits per heavy atom. The van der Waals surface area contributed by atoms with Gasteiger partial charge in [-0.2, -0.15) is 0 Å². The molecule has 3 atom stereocenters. The van der Waals surface area contributed by atoms with Crippen LogP contribution in [0.25, 0.3) is 0 Å². The molecule has 2 aliphatic heterocycles. The minimum Gasteiger partial charge on any atom is -0.466 e. The zero-order valence-corrected chi connectivity index (χ0v) is 11.8. The van der Waals surface area contributed by atoms with Gasteiger partial charge in [-0.15, -0.1) is 0 Å². The van der Waals surface area contributed by atoms with E-state index in [4.69, 9.17) is 9.47 Å². The van der Waals surface area contributed by atoms with Crippen molar-refractivity contribution in [3.05, 3.63) is 0 Å². The summed E-state index contributed by atoms with van der Waals surface area (Å²) < 4.78 is 10.5. The highest BCUT2D eigenvalue weighted by Crippen LogP contribution is 2.26. The van der Waals surface area contributed by atoms with Crippen LogP contribution in [-0.4, -0.2) is 49.2 Å². The molecule has 2 saturated heterocycles. The van der Waals surface area contributed by atoms with Crippen LogP contribution in [0.1, 0.15) is 33.1 Å². The van der Waals surface area contributed by atoms with Crippen molar-refractivity contribution in [3.63, 3.8) is 0 Å². The Morgan fingerprint density at radius 1 is 1.37 bits per heavy atom. The predicted octanol–water partition coefficient (Wildman–Crippen LogP) is 1.21. The summed E-state index contributed by atoms with van der Waals surface area (Å²) in [6.45, 7) is 6.06. The molecule has 0 N–H and O–H groups in total. The van der Waals surface area contributed by atoms with E-state index in [2.05, 4.69) is 0 Å². The van der Waals surface area contributed by atoms with Crippen LogP contribution in [0.15, 0.2) is 0 Å². The van der Waals surface area contributed by atoms with Gasteiger partial charge in [-0.1, -0.05) is 0 Å². The van der Waals surface area contributed by atoms with Crippen molar-refractivity contribution in [1.29, 1.82) is 0 Å². The van der Waals surface area contributed by atoms with Gasteiger partial charge in [0.25, 0.3) is 0 Å². The quantitative estimate of drug-likeness (QED) is 0.723. The van der Waals surface area contributed by atoms with Crippen LogP contribution < -0.4 is 0 Å². The van der Waals surface area contributed by atoms with Crippen LogP contribution in [-0.2, 0) is 19.1 Å². The van der Waals surface area contributed by atoms with E-state index in [1.54, 1.807) is 6.92 Å². The molecule has 108 valence electrons. The SMILES string of the molecule is CCOC(=O)[C@H]1CCCN(C(=O)C2CCOC2C)C1. The van der Waals surface area contributed by atoms with Gasteiger partial charge in [-0.25, -0.2) is 0 Å². The Labute approximate surface area is 114 Å². The predicted molar refractivity (Wildman–Crippen MR) is 69.5 cm³/mol. The zero-order chi connectivity index (χ0) is 13.8. The van der Waals surface area contributed by atoms with Gasteiger partial charge >= 0.3 is 5.97 Å². The maximum atomic E-state index is 12.4. The molecular formula is C14H23NO4. The lowest BCUT2D eigenvalue weighted by Gasteiger charge is -2.33. The Balaban J connectivity index is 1.93. The molecule has 0 spiro atoms. The fourth-order valence-corrected chi connectivity index (χ4v) is 2.92. The van der Waals surface area contributed by atoms with Crippen molar-refractivity contribution in [3.8, 4) is 0 Å². The van der Waals surface area contributed by atoms with E-state index in [9.17, 15) is 9.59 Å². The number of carbonyl (C=O) groups excluding carboxylic acids is 2. The normalized spacial score (nSPS) is 31.3. The monoisotopic (exact) mass is 269 g/mol. The average Bonchev–Trinajstić information content (AvgIpc) is 2.84. The molecule has 2 unspecified atom stereocenters. The highest BCUT2D eigenvalue weighted by Gasteiger charge is 2.37. The Kier molecular flexibility index (Phi) is 4.80. The summed E-state index contributed by atoms with van der Waals surface area (Å²) >= 11 is 0. The minimum absolute atomic E-state index is 0.00419. The standard InChI is InChI=1S/C14H23NO4/c1-3-18-14(17)11-5-4-7-15(9-11)13(16)12-6-8-19-10(12)2/h10-12H,3-9H2,1-2H3/t10?,11-,12?/m0/s1. The largest absolute Gasteiger partial charge is 0.466 e. The number of likely N-dealkylation sites (tertiary alicyclic amines) is 1. The molecule has 2 fully saturated rings. The first-order valence-corrected chi connectivity index (χ1v) is 7.20. The van der Waals surface area contributed by atoms with Gasteiger partial charge < -0.3 is 14.4 Å². The van der Waals surface area contributed by atoms with Crippen molar-refractivity contribution >= 4 is 11.9 Å². The molecule has 19 heavy (non-hydrogen) atoms. The zero-order valence-electron chi connectivity index (χ0n) is 11.8. The van der Waals surface area contributed by atoms with Crippen molar-refractivity contribution in [1.82, 2.24) is 4.90 Å². The van der Waals surface area contributed by atoms with Crippen LogP contribution >= 0.6 is 0 Å². The lowest BCUT2D eigenvalue weighted by Crippen LogP contribution is -2.46. The lowest BCUT2D eigenvalue weighted by molar-refractivity contribution is -0.152. The summed E-state index contributed by atoms with van der Waals surface area (Å²) in [6, 6.07) is 0. The fraction of sp³-hybridized carbons (Fsp3) is 0.857. The second-order valence-corrected chi connectivity index (χ2v) is 5.35. The first kappa shape index (κ1) is 14.3. The van der Waals surface area contributed by atoms with E-state index in [1.807, 2.05) is 11.8 Å². The molecule has 5 nitrogen and oxygen atoms in total.